The van der Waals surface area contributed by atoms with Gasteiger partial charge >= 0.3 is 0 Å². The van der Waals surface area contributed by atoms with Gasteiger partial charge in [-0.15, -0.1) is 0 Å². The molecule has 1 fully saturated rings. The maximum absolute atomic E-state index is 5.80. The maximum atomic E-state index is 5.80. The molecule has 0 aromatic carbocycles. The zero-order chi connectivity index (χ0) is 15.3. The van der Waals surface area contributed by atoms with E-state index in [1.54, 1.807) is 6.20 Å². The van der Waals surface area contributed by atoms with Crippen molar-refractivity contribution in [2.45, 2.75) is 38.8 Å². The predicted molar refractivity (Wildman–Crippen MR) is 86.3 cm³/mol. The molecule has 0 amide bonds. The van der Waals surface area contributed by atoms with Gasteiger partial charge in [0.1, 0.15) is 5.82 Å². The number of ether oxygens (including phenoxy) is 1. The molecule has 1 atom stereocenters. The molecule has 2 rings (SSSR count). The molecule has 2 heterocycles. The maximum Gasteiger partial charge on any atom is 0.123 e. The van der Waals surface area contributed by atoms with Crippen LogP contribution >= 0.6 is 0 Å². The van der Waals surface area contributed by atoms with Crippen molar-refractivity contribution in [1.82, 2.24) is 15.2 Å². The van der Waals surface area contributed by atoms with Gasteiger partial charge in [0.15, 0.2) is 0 Å². The number of rotatable bonds is 6. The summed E-state index contributed by atoms with van der Waals surface area (Å²) in [5.41, 5.74) is 7.10. The predicted octanol–water partition coefficient (Wildman–Crippen LogP) is 1.30. The lowest BCUT2D eigenvalue weighted by molar-refractivity contribution is -0.0230. The number of anilines is 1. The number of likely N-dealkylation sites (N-methyl/N-ethyl adjacent to an activating group) is 1. The van der Waals surface area contributed by atoms with Gasteiger partial charge in [0.05, 0.1) is 13.2 Å². The third-order valence-corrected chi connectivity index (χ3v) is 4.41. The fourth-order valence-corrected chi connectivity index (χ4v) is 3.04. The number of nitrogen functional groups attached to an aromatic ring is 1. The van der Waals surface area contributed by atoms with Crippen LogP contribution in [0.4, 0.5) is 5.82 Å². The van der Waals surface area contributed by atoms with Crippen LogP contribution in [0.1, 0.15) is 26.3 Å². The summed E-state index contributed by atoms with van der Waals surface area (Å²) in [5, 5.41) is 3.64. The number of aromatic nitrogens is 1. The number of hydrogen-bond donors (Lipinski definition) is 2. The van der Waals surface area contributed by atoms with Crippen LogP contribution in [0, 0.1) is 0 Å². The van der Waals surface area contributed by atoms with E-state index in [4.69, 9.17) is 10.5 Å². The lowest BCUT2D eigenvalue weighted by Gasteiger charge is -2.46. The number of nitrogens with one attached hydrogen (secondary N) is 1. The molecule has 3 N–H and O–H groups in total. The molecule has 5 heteroatoms. The second-order valence-corrected chi connectivity index (χ2v) is 6.16. The summed E-state index contributed by atoms with van der Waals surface area (Å²) < 4.78 is 5.48. The number of hydrogen-bond acceptors (Lipinski definition) is 5. The van der Waals surface area contributed by atoms with Crippen molar-refractivity contribution in [2.24, 2.45) is 0 Å². The van der Waals surface area contributed by atoms with Gasteiger partial charge in [-0.25, -0.2) is 4.98 Å². The Morgan fingerprint density at radius 2 is 2.14 bits per heavy atom. The van der Waals surface area contributed by atoms with Crippen LogP contribution in [0.15, 0.2) is 18.3 Å². The van der Waals surface area contributed by atoms with Crippen molar-refractivity contribution in [2.75, 3.05) is 38.6 Å². The molecular formula is C16H28N4O. The first-order valence-corrected chi connectivity index (χ1v) is 7.80. The number of morpholine rings is 1. The van der Waals surface area contributed by atoms with E-state index in [2.05, 4.69) is 42.0 Å². The van der Waals surface area contributed by atoms with Gasteiger partial charge in [-0.1, -0.05) is 6.92 Å². The molecule has 0 spiro atoms. The highest BCUT2D eigenvalue weighted by Gasteiger charge is 2.35. The lowest BCUT2D eigenvalue weighted by Crippen LogP contribution is -2.61. The molecule has 1 aliphatic heterocycles. The normalized spacial score (nSPS) is 18.6. The van der Waals surface area contributed by atoms with Crippen molar-refractivity contribution in [3.05, 3.63) is 23.9 Å². The number of nitrogens with two attached hydrogens (primary N) is 1. The molecule has 0 saturated carbocycles. The molecule has 0 aliphatic carbocycles. The molecule has 5 nitrogen and oxygen atoms in total. The van der Waals surface area contributed by atoms with E-state index in [1.165, 1.54) is 5.56 Å². The molecule has 0 bridgehead atoms. The highest BCUT2D eigenvalue weighted by atomic mass is 16.5. The van der Waals surface area contributed by atoms with Crippen LogP contribution in [0.25, 0.3) is 0 Å². The summed E-state index contributed by atoms with van der Waals surface area (Å²) in [4.78, 5) is 6.60. The molecule has 118 valence electrons. The number of nitrogens with zero attached hydrogens (tertiary/aromatic N) is 2. The van der Waals surface area contributed by atoms with Crippen LogP contribution in [-0.4, -0.2) is 54.3 Å². The molecule has 1 saturated heterocycles. The second-order valence-electron chi connectivity index (χ2n) is 6.16. The molecular weight excluding hydrogens is 264 g/mol. The highest BCUT2D eigenvalue weighted by molar-refractivity contribution is 5.32. The van der Waals surface area contributed by atoms with E-state index in [-0.39, 0.29) is 5.54 Å². The first-order chi connectivity index (χ1) is 10.0. The lowest BCUT2D eigenvalue weighted by atomic mass is 9.87. The summed E-state index contributed by atoms with van der Waals surface area (Å²) in [6, 6.07) is 4.39. The Bertz CT molecular complexity index is 444. The fourth-order valence-electron chi connectivity index (χ4n) is 3.04. The van der Waals surface area contributed by atoms with E-state index >= 15 is 0 Å². The minimum atomic E-state index is 0.0673. The van der Waals surface area contributed by atoms with Gasteiger partial charge in [0.2, 0.25) is 0 Å². The minimum absolute atomic E-state index is 0.0673. The molecule has 0 radical (unpaired) electrons. The van der Waals surface area contributed by atoms with Crippen molar-refractivity contribution in [3.8, 4) is 0 Å². The Morgan fingerprint density at radius 3 is 2.76 bits per heavy atom. The second kappa shape index (κ2) is 7.20. The quantitative estimate of drug-likeness (QED) is 0.827. The van der Waals surface area contributed by atoms with E-state index in [9.17, 15) is 0 Å². The van der Waals surface area contributed by atoms with Gasteiger partial charge < -0.3 is 15.8 Å². The smallest absolute Gasteiger partial charge is 0.123 e. The van der Waals surface area contributed by atoms with E-state index < -0.39 is 0 Å². The van der Waals surface area contributed by atoms with Crippen molar-refractivity contribution in [1.29, 1.82) is 0 Å². The van der Waals surface area contributed by atoms with Crippen molar-refractivity contribution >= 4 is 5.82 Å². The Morgan fingerprint density at radius 1 is 1.43 bits per heavy atom. The fraction of sp³-hybridized carbons (Fsp3) is 0.688. The standard InChI is InChI=1S/C16H28N4O/c1-4-18-14(11-13-5-6-19-15(17)12-13)16(2,3)20-7-9-21-10-8-20/h5-6,12,14,18H,4,7-11H2,1-3H3,(H2,17,19). The Labute approximate surface area is 127 Å². The van der Waals surface area contributed by atoms with Gasteiger partial charge in [-0.2, -0.15) is 0 Å². The molecule has 1 unspecified atom stereocenters. The van der Waals surface area contributed by atoms with Crippen LogP contribution in [0.2, 0.25) is 0 Å². The van der Waals surface area contributed by atoms with Crippen LogP contribution < -0.4 is 11.1 Å². The third kappa shape index (κ3) is 4.15. The summed E-state index contributed by atoms with van der Waals surface area (Å²) in [7, 11) is 0. The molecule has 1 aromatic rings. The Hall–Kier alpha value is -1.17. The zero-order valence-electron chi connectivity index (χ0n) is 13.4. The Kier molecular flexibility index (Phi) is 5.56. The minimum Gasteiger partial charge on any atom is -0.384 e. The summed E-state index contributed by atoms with van der Waals surface area (Å²) >= 11 is 0. The van der Waals surface area contributed by atoms with Gasteiger partial charge in [-0.05, 0) is 44.5 Å². The van der Waals surface area contributed by atoms with Crippen molar-refractivity contribution < 1.29 is 4.74 Å². The SMILES string of the molecule is CCNC(Cc1ccnc(N)c1)C(C)(C)N1CCOCC1. The first-order valence-electron chi connectivity index (χ1n) is 7.80. The zero-order valence-corrected chi connectivity index (χ0v) is 13.4. The average molecular weight is 292 g/mol. The van der Waals surface area contributed by atoms with Crippen molar-refractivity contribution in [3.63, 3.8) is 0 Å². The number of pyridine rings is 1. The van der Waals surface area contributed by atoms with Crippen LogP contribution in [0.5, 0.6) is 0 Å². The van der Waals surface area contributed by atoms with Gasteiger partial charge in [0.25, 0.3) is 0 Å². The summed E-state index contributed by atoms with van der Waals surface area (Å²) in [6.45, 7) is 11.4. The topological polar surface area (TPSA) is 63.4 Å². The molecule has 1 aromatic heterocycles. The molecule has 1 aliphatic rings. The molecule has 21 heavy (non-hydrogen) atoms. The Balaban J connectivity index is 2.12. The first kappa shape index (κ1) is 16.2. The van der Waals surface area contributed by atoms with E-state index in [0.717, 1.165) is 39.3 Å². The van der Waals surface area contributed by atoms with Gasteiger partial charge in [0, 0.05) is 30.9 Å². The van der Waals surface area contributed by atoms with E-state index in [0.29, 0.717) is 11.9 Å². The summed E-state index contributed by atoms with van der Waals surface area (Å²) in [5.74, 6) is 0.590. The van der Waals surface area contributed by atoms with E-state index in [1.807, 2.05) is 6.07 Å². The van der Waals surface area contributed by atoms with Crippen LogP contribution in [0.3, 0.4) is 0 Å². The average Bonchev–Trinajstić information content (AvgIpc) is 2.48. The monoisotopic (exact) mass is 292 g/mol. The van der Waals surface area contributed by atoms with Crippen LogP contribution in [-0.2, 0) is 11.2 Å². The largest absolute Gasteiger partial charge is 0.384 e. The third-order valence-electron chi connectivity index (χ3n) is 4.41. The highest BCUT2D eigenvalue weighted by Crippen LogP contribution is 2.23. The van der Waals surface area contributed by atoms with Gasteiger partial charge in [-0.3, -0.25) is 4.90 Å². The summed E-state index contributed by atoms with van der Waals surface area (Å²) in [6.07, 6.45) is 2.74.